The predicted molar refractivity (Wildman–Crippen MR) is 59.1 cm³/mol. The van der Waals surface area contributed by atoms with Gasteiger partial charge in [0.1, 0.15) is 0 Å². The molecule has 0 amide bonds. The fourth-order valence-corrected chi connectivity index (χ4v) is 1.77. The van der Waals surface area contributed by atoms with E-state index in [4.69, 9.17) is 10.8 Å². The average Bonchev–Trinajstić information content (AvgIpc) is 2.11. The van der Waals surface area contributed by atoms with E-state index in [1.54, 1.807) is 0 Å². The highest BCUT2D eigenvalue weighted by atomic mass is 16.3. The first-order chi connectivity index (χ1) is 6.77. The van der Waals surface area contributed by atoms with Crippen molar-refractivity contribution in [1.29, 1.82) is 0 Å². The van der Waals surface area contributed by atoms with Crippen molar-refractivity contribution in [3.8, 4) is 0 Å². The summed E-state index contributed by atoms with van der Waals surface area (Å²) in [5.41, 5.74) is 6.63. The summed E-state index contributed by atoms with van der Waals surface area (Å²) in [4.78, 5) is 2.41. The van der Waals surface area contributed by atoms with Crippen LogP contribution < -0.4 is 5.73 Å². The van der Waals surface area contributed by atoms with Crippen molar-refractivity contribution in [3.05, 3.63) is 12.2 Å². The van der Waals surface area contributed by atoms with Crippen LogP contribution in [0.5, 0.6) is 0 Å². The Kier molecular flexibility index (Phi) is 5.15. The van der Waals surface area contributed by atoms with Crippen molar-refractivity contribution in [3.63, 3.8) is 0 Å². The minimum Gasteiger partial charge on any atom is -0.396 e. The molecule has 0 unspecified atom stereocenters. The molecule has 1 fully saturated rings. The van der Waals surface area contributed by atoms with Crippen LogP contribution in [0.25, 0.3) is 0 Å². The lowest BCUT2D eigenvalue weighted by molar-refractivity contribution is 0.127. The molecular weight excluding hydrogens is 176 g/mol. The Labute approximate surface area is 86.6 Å². The fourth-order valence-electron chi connectivity index (χ4n) is 1.77. The summed E-state index contributed by atoms with van der Waals surface area (Å²) >= 11 is 0. The lowest BCUT2D eigenvalue weighted by Gasteiger charge is -2.37. The van der Waals surface area contributed by atoms with Crippen LogP contribution in [0.4, 0.5) is 0 Å². The van der Waals surface area contributed by atoms with E-state index in [1.807, 2.05) is 0 Å². The maximum Gasteiger partial charge on any atom is 0.0443 e. The Morgan fingerprint density at radius 2 is 2.21 bits per heavy atom. The normalized spacial score (nSPS) is 17.1. The van der Waals surface area contributed by atoms with E-state index in [2.05, 4.69) is 11.5 Å². The highest BCUT2D eigenvalue weighted by molar-refractivity contribution is 5.00. The number of hydrogen-bond acceptors (Lipinski definition) is 3. The largest absolute Gasteiger partial charge is 0.396 e. The first-order valence-electron chi connectivity index (χ1n) is 5.49. The lowest BCUT2D eigenvalue weighted by atomic mass is 9.91. The van der Waals surface area contributed by atoms with Gasteiger partial charge in [0, 0.05) is 32.3 Å². The highest BCUT2D eigenvalue weighted by Gasteiger charge is 2.24. The van der Waals surface area contributed by atoms with E-state index >= 15 is 0 Å². The fraction of sp³-hybridized carbons (Fsp3) is 0.818. The van der Waals surface area contributed by atoms with Gasteiger partial charge < -0.3 is 10.8 Å². The molecule has 82 valence electrons. The summed E-state index contributed by atoms with van der Waals surface area (Å²) in [5.74, 6) is 0. The Hall–Kier alpha value is -0.380. The van der Waals surface area contributed by atoms with Crippen LogP contribution in [0.15, 0.2) is 12.2 Å². The molecule has 1 aliphatic rings. The zero-order valence-corrected chi connectivity index (χ0v) is 8.91. The summed E-state index contributed by atoms with van der Waals surface area (Å²) in [7, 11) is 0. The van der Waals surface area contributed by atoms with Crippen molar-refractivity contribution in [1.82, 2.24) is 4.90 Å². The Balaban J connectivity index is 2.31. The molecule has 14 heavy (non-hydrogen) atoms. The Bertz CT molecular complexity index is 178. The zero-order chi connectivity index (χ0) is 10.4. The van der Waals surface area contributed by atoms with Gasteiger partial charge in [-0.25, -0.2) is 0 Å². The molecule has 1 aliphatic carbocycles. The van der Waals surface area contributed by atoms with Gasteiger partial charge in [-0.05, 0) is 24.8 Å². The van der Waals surface area contributed by atoms with Crippen molar-refractivity contribution in [2.45, 2.75) is 31.7 Å². The molecule has 0 aromatic carbocycles. The predicted octanol–water partition coefficient (Wildman–Crippen LogP) is 0.738. The van der Waals surface area contributed by atoms with Gasteiger partial charge in [0.25, 0.3) is 0 Å². The smallest absolute Gasteiger partial charge is 0.0443 e. The topological polar surface area (TPSA) is 49.5 Å². The summed E-state index contributed by atoms with van der Waals surface area (Å²) < 4.78 is 0. The number of nitrogens with two attached hydrogens (primary N) is 1. The molecule has 0 bridgehead atoms. The maximum atomic E-state index is 8.81. The summed E-state index contributed by atoms with van der Waals surface area (Å²) in [5, 5.41) is 8.81. The van der Waals surface area contributed by atoms with Crippen LogP contribution in [0, 0.1) is 0 Å². The van der Waals surface area contributed by atoms with Crippen molar-refractivity contribution in [2.75, 3.05) is 26.2 Å². The second kappa shape index (κ2) is 6.17. The minimum absolute atomic E-state index is 0.276. The van der Waals surface area contributed by atoms with E-state index in [0.717, 1.165) is 25.1 Å². The highest BCUT2D eigenvalue weighted by Crippen LogP contribution is 2.25. The second-order valence-electron chi connectivity index (χ2n) is 4.09. The first kappa shape index (κ1) is 11.7. The third-order valence-electron chi connectivity index (χ3n) is 2.91. The molecule has 0 spiro atoms. The molecule has 3 N–H and O–H groups in total. The molecule has 0 saturated heterocycles. The Morgan fingerprint density at radius 3 is 2.64 bits per heavy atom. The molecule has 3 nitrogen and oxygen atoms in total. The van der Waals surface area contributed by atoms with E-state index in [1.165, 1.54) is 19.3 Å². The van der Waals surface area contributed by atoms with Gasteiger partial charge in [0.15, 0.2) is 0 Å². The van der Waals surface area contributed by atoms with E-state index in [9.17, 15) is 0 Å². The van der Waals surface area contributed by atoms with Crippen LogP contribution >= 0.6 is 0 Å². The van der Waals surface area contributed by atoms with Gasteiger partial charge in [-0.15, -0.1) is 0 Å². The number of aliphatic hydroxyl groups excluding tert-OH is 1. The third-order valence-corrected chi connectivity index (χ3v) is 2.91. The SMILES string of the molecule is C=C(CN)CN(CCCO)C1CCC1. The number of nitrogens with zero attached hydrogens (tertiary/aromatic N) is 1. The number of aliphatic hydroxyl groups is 1. The van der Waals surface area contributed by atoms with Crippen LogP contribution in [0.3, 0.4) is 0 Å². The molecule has 0 aliphatic heterocycles. The van der Waals surface area contributed by atoms with Gasteiger partial charge in [-0.2, -0.15) is 0 Å². The molecule has 0 aromatic rings. The standard InChI is InChI=1S/C11H22N2O/c1-10(8-12)9-13(6-3-7-14)11-4-2-5-11/h11,14H,1-9,12H2. The molecule has 0 radical (unpaired) electrons. The van der Waals surface area contributed by atoms with Gasteiger partial charge >= 0.3 is 0 Å². The van der Waals surface area contributed by atoms with Crippen molar-refractivity contribution in [2.24, 2.45) is 5.73 Å². The zero-order valence-electron chi connectivity index (χ0n) is 8.91. The van der Waals surface area contributed by atoms with Crippen molar-refractivity contribution < 1.29 is 5.11 Å². The van der Waals surface area contributed by atoms with E-state index in [-0.39, 0.29) is 6.61 Å². The molecule has 0 heterocycles. The molecule has 1 rings (SSSR count). The maximum absolute atomic E-state index is 8.81. The second-order valence-corrected chi connectivity index (χ2v) is 4.09. The first-order valence-corrected chi connectivity index (χ1v) is 5.49. The van der Waals surface area contributed by atoms with Crippen LogP contribution in [-0.4, -0.2) is 42.3 Å². The molecule has 3 heteroatoms. The summed E-state index contributed by atoms with van der Waals surface area (Å²) in [6.07, 6.45) is 4.79. The van der Waals surface area contributed by atoms with Crippen LogP contribution in [0.2, 0.25) is 0 Å². The number of rotatable bonds is 7. The van der Waals surface area contributed by atoms with Crippen LogP contribution in [0.1, 0.15) is 25.7 Å². The Morgan fingerprint density at radius 1 is 1.50 bits per heavy atom. The minimum atomic E-state index is 0.276. The van der Waals surface area contributed by atoms with Gasteiger partial charge in [0.05, 0.1) is 0 Å². The molecular formula is C11H22N2O. The molecule has 0 atom stereocenters. The lowest BCUT2D eigenvalue weighted by Crippen LogP contribution is -2.42. The molecule has 1 saturated carbocycles. The third kappa shape index (κ3) is 3.40. The van der Waals surface area contributed by atoms with Gasteiger partial charge in [-0.3, -0.25) is 4.90 Å². The number of hydrogen-bond donors (Lipinski definition) is 2. The van der Waals surface area contributed by atoms with E-state index < -0.39 is 0 Å². The van der Waals surface area contributed by atoms with Crippen LogP contribution in [-0.2, 0) is 0 Å². The summed E-state index contributed by atoms with van der Waals surface area (Å²) in [6, 6.07) is 0.713. The van der Waals surface area contributed by atoms with Gasteiger partial charge in [-0.1, -0.05) is 13.0 Å². The van der Waals surface area contributed by atoms with Crippen molar-refractivity contribution >= 4 is 0 Å². The van der Waals surface area contributed by atoms with Gasteiger partial charge in [0.2, 0.25) is 0 Å². The average molecular weight is 198 g/mol. The molecule has 0 aromatic heterocycles. The monoisotopic (exact) mass is 198 g/mol. The quantitative estimate of drug-likeness (QED) is 0.593. The summed E-state index contributed by atoms with van der Waals surface area (Å²) in [6.45, 7) is 6.66. The van der Waals surface area contributed by atoms with E-state index in [0.29, 0.717) is 12.6 Å².